The van der Waals surface area contributed by atoms with Gasteiger partial charge in [-0.25, -0.2) is 4.83 Å². The van der Waals surface area contributed by atoms with Crippen molar-refractivity contribution in [2.24, 2.45) is 10.5 Å². The zero-order chi connectivity index (χ0) is 15.7. The van der Waals surface area contributed by atoms with Gasteiger partial charge in [-0.1, -0.05) is 23.8 Å². The van der Waals surface area contributed by atoms with Crippen molar-refractivity contribution in [3.63, 3.8) is 0 Å². The van der Waals surface area contributed by atoms with Crippen LogP contribution in [0.25, 0.3) is 0 Å². The normalized spacial score (nSPS) is 27.8. The molecule has 2 rings (SSSR count). The second-order valence-electron chi connectivity index (χ2n) is 5.51. The molecule has 0 aliphatic heterocycles. The summed E-state index contributed by atoms with van der Waals surface area (Å²) in [5.41, 5.74) is 0.898. The Kier molecular flexibility index (Phi) is 4.20. The summed E-state index contributed by atoms with van der Waals surface area (Å²) in [6.45, 7) is 7.40. The highest BCUT2D eigenvalue weighted by Crippen LogP contribution is 2.36. The van der Waals surface area contributed by atoms with Gasteiger partial charge in [0.25, 0.3) is 10.0 Å². The lowest BCUT2D eigenvalue weighted by molar-refractivity contribution is 0.121. The number of rotatable bonds is 4. The lowest BCUT2D eigenvalue weighted by atomic mass is 9.85. The maximum absolute atomic E-state index is 12.2. The molecule has 1 aromatic carbocycles. The molecule has 1 aliphatic rings. The summed E-state index contributed by atoms with van der Waals surface area (Å²) in [7, 11) is -3.69. The van der Waals surface area contributed by atoms with Gasteiger partial charge in [0.2, 0.25) is 0 Å². The molecule has 0 saturated heterocycles. The Hall–Kier alpha value is -1.66. The van der Waals surface area contributed by atoms with Crippen LogP contribution in [0, 0.1) is 12.3 Å². The van der Waals surface area contributed by atoms with E-state index in [1.165, 1.54) is 12.1 Å². The van der Waals surface area contributed by atoms with Crippen molar-refractivity contribution in [3.05, 3.63) is 42.5 Å². The summed E-state index contributed by atoms with van der Waals surface area (Å²) in [4.78, 5) is 2.41. The predicted octanol–water partition coefficient (Wildman–Crippen LogP) is 1.98. The van der Waals surface area contributed by atoms with E-state index in [0.29, 0.717) is 18.6 Å². The van der Waals surface area contributed by atoms with Gasteiger partial charge in [-0.2, -0.15) is 13.5 Å². The highest BCUT2D eigenvalue weighted by atomic mass is 32.2. The molecule has 2 N–H and O–H groups in total. The van der Waals surface area contributed by atoms with Gasteiger partial charge in [0.1, 0.15) is 0 Å². The minimum Gasteiger partial charge on any atom is -0.392 e. The Morgan fingerprint density at radius 2 is 2.05 bits per heavy atom. The third kappa shape index (κ3) is 3.01. The van der Waals surface area contributed by atoms with Gasteiger partial charge < -0.3 is 5.11 Å². The molecule has 1 aliphatic carbocycles. The van der Waals surface area contributed by atoms with Gasteiger partial charge in [0, 0.05) is 0 Å². The Balaban J connectivity index is 2.24. The molecule has 2 atom stereocenters. The van der Waals surface area contributed by atoms with E-state index in [9.17, 15) is 13.5 Å². The van der Waals surface area contributed by atoms with Gasteiger partial charge in [-0.05, 0) is 38.8 Å². The molecule has 114 valence electrons. The summed E-state index contributed by atoms with van der Waals surface area (Å²) in [6, 6.07) is 6.53. The number of aliphatic hydroxyl groups excluding tert-OH is 1. The number of sulfonamides is 1. The highest BCUT2D eigenvalue weighted by molar-refractivity contribution is 7.89. The molecule has 1 aromatic rings. The number of hydrazone groups is 1. The lowest BCUT2D eigenvalue weighted by Gasteiger charge is -2.24. The van der Waals surface area contributed by atoms with E-state index in [2.05, 4.69) is 16.5 Å². The van der Waals surface area contributed by atoms with Crippen LogP contribution in [0.15, 0.2) is 46.9 Å². The molecule has 1 saturated carbocycles. The Bertz CT molecular complexity index is 665. The highest BCUT2D eigenvalue weighted by Gasteiger charge is 2.41. The standard InChI is InChI=1S/C15H20N2O3S/c1-4-15(3)13(9-10-14(15)18)16-17-21(19,20)12-7-5-11(2)6-8-12/h4-8,14,17-18H,1,9-10H2,2-3H3/b16-13+/t14-,15+/m0/s1. The second kappa shape index (κ2) is 5.61. The van der Waals surface area contributed by atoms with Crippen LogP contribution >= 0.6 is 0 Å². The van der Waals surface area contributed by atoms with Crippen LogP contribution in [0.3, 0.4) is 0 Å². The first-order chi connectivity index (χ1) is 9.79. The number of aryl methyl sites for hydroxylation is 1. The van der Waals surface area contributed by atoms with Crippen LogP contribution in [-0.2, 0) is 10.0 Å². The first kappa shape index (κ1) is 15.7. The monoisotopic (exact) mass is 308 g/mol. The molecule has 0 radical (unpaired) electrons. The largest absolute Gasteiger partial charge is 0.392 e. The van der Waals surface area contributed by atoms with E-state index >= 15 is 0 Å². The molecular weight excluding hydrogens is 288 g/mol. The van der Waals surface area contributed by atoms with Crippen molar-refractivity contribution in [2.45, 2.75) is 37.7 Å². The van der Waals surface area contributed by atoms with Crippen LogP contribution in [0.1, 0.15) is 25.3 Å². The zero-order valence-electron chi connectivity index (χ0n) is 12.2. The summed E-state index contributed by atoms with van der Waals surface area (Å²) >= 11 is 0. The summed E-state index contributed by atoms with van der Waals surface area (Å²) in [5, 5.41) is 14.0. The maximum Gasteiger partial charge on any atom is 0.276 e. The molecule has 0 aromatic heterocycles. The topological polar surface area (TPSA) is 78.8 Å². The molecule has 5 nitrogen and oxygen atoms in total. The molecule has 0 bridgehead atoms. The van der Waals surface area contributed by atoms with Crippen molar-refractivity contribution in [1.82, 2.24) is 4.83 Å². The predicted molar refractivity (Wildman–Crippen MR) is 82.5 cm³/mol. The summed E-state index contributed by atoms with van der Waals surface area (Å²) < 4.78 is 24.3. The third-order valence-corrected chi connectivity index (χ3v) is 5.25. The number of hydrogen-bond acceptors (Lipinski definition) is 4. The molecule has 0 amide bonds. The van der Waals surface area contributed by atoms with Crippen molar-refractivity contribution in [2.75, 3.05) is 0 Å². The summed E-state index contributed by atoms with van der Waals surface area (Å²) in [5.74, 6) is 0. The minimum atomic E-state index is -3.69. The molecule has 21 heavy (non-hydrogen) atoms. The molecule has 0 spiro atoms. The fraction of sp³-hybridized carbons (Fsp3) is 0.400. The molecule has 0 heterocycles. The zero-order valence-corrected chi connectivity index (χ0v) is 13.0. The van der Waals surface area contributed by atoms with E-state index in [1.807, 2.05) is 6.92 Å². The van der Waals surface area contributed by atoms with Gasteiger partial charge in [0.05, 0.1) is 22.1 Å². The van der Waals surface area contributed by atoms with Crippen LogP contribution in [0.4, 0.5) is 0 Å². The average molecular weight is 308 g/mol. The first-order valence-electron chi connectivity index (χ1n) is 6.77. The van der Waals surface area contributed by atoms with Crippen molar-refractivity contribution in [1.29, 1.82) is 0 Å². The number of hydrogen-bond donors (Lipinski definition) is 2. The molecule has 1 fully saturated rings. The van der Waals surface area contributed by atoms with Crippen LogP contribution in [0.5, 0.6) is 0 Å². The number of aliphatic hydroxyl groups is 1. The minimum absolute atomic E-state index is 0.163. The van der Waals surface area contributed by atoms with Crippen LogP contribution in [-0.4, -0.2) is 25.3 Å². The molecular formula is C15H20N2O3S. The van der Waals surface area contributed by atoms with Gasteiger partial charge >= 0.3 is 0 Å². The number of benzene rings is 1. The van der Waals surface area contributed by atoms with E-state index in [0.717, 1.165) is 5.56 Å². The quantitative estimate of drug-likeness (QED) is 0.659. The van der Waals surface area contributed by atoms with Crippen LogP contribution < -0.4 is 4.83 Å². The number of nitrogens with zero attached hydrogens (tertiary/aromatic N) is 1. The molecule has 0 unspecified atom stereocenters. The third-order valence-electron chi connectivity index (χ3n) is 4.02. The van der Waals surface area contributed by atoms with E-state index in [1.54, 1.807) is 25.1 Å². The molecule has 6 heteroatoms. The average Bonchev–Trinajstić information content (AvgIpc) is 2.74. The lowest BCUT2D eigenvalue weighted by Crippen LogP contribution is -2.32. The van der Waals surface area contributed by atoms with E-state index in [-0.39, 0.29) is 4.90 Å². The Labute approximate surface area is 125 Å². The van der Waals surface area contributed by atoms with Gasteiger partial charge in [0.15, 0.2) is 0 Å². The van der Waals surface area contributed by atoms with Crippen LogP contribution in [0.2, 0.25) is 0 Å². The Morgan fingerprint density at radius 1 is 1.43 bits per heavy atom. The number of nitrogens with one attached hydrogen (secondary N) is 1. The van der Waals surface area contributed by atoms with Gasteiger partial charge in [-0.15, -0.1) is 6.58 Å². The first-order valence-corrected chi connectivity index (χ1v) is 8.25. The van der Waals surface area contributed by atoms with Crippen molar-refractivity contribution >= 4 is 15.7 Å². The SMILES string of the molecule is C=C[C@]1(C)/C(=N/NS(=O)(=O)c2ccc(C)cc2)CC[C@@H]1O. The fourth-order valence-electron chi connectivity index (χ4n) is 2.35. The van der Waals surface area contributed by atoms with Crippen molar-refractivity contribution < 1.29 is 13.5 Å². The van der Waals surface area contributed by atoms with Crippen molar-refractivity contribution in [3.8, 4) is 0 Å². The maximum atomic E-state index is 12.2. The smallest absolute Gasteiger partial charge is 0.276 e. The fourth-order valence-corrected chi connectivity index (χ4v) is 3.18. The van der Waals surface area contributed by atoms with E-state index < -0.39 is 21.5 Å². The van der Waals surface area contributed by atoms with Gasteiger partial charge in [-0.3, -0.25) is 0 Å². The Morgan fingerprint density at radius 3 is 2.62 bits per heavy atom. The second-order valence-corrected chi connectivity index (χ2v) is 7.17. The summed E-state index contributed by atoms with van der Waals surface area (Å²) in [6.07, 6.45) is 2.12. The van der Waals surface area contributed by atoms with E-state index in [4.69, 9.17) is 0 Å².